The molecule has 0 saturated heterocycles. The molecule has 0 saturated carbocycles. The summed E-state index contributed by atoms with van der Waals surface area (Å²) in [6.07, 6.45) is -0.120. The van der Waals surface area contributed by atoms with Gasteiger partial charge in [-0.25, -0.2) is 0 Å². The Morgan fingerprint density at radius 1 is 1.28 bits per heavy atom. The molecular formula is C13H16O5. The normalized spacial score (nSPS) is 11.7. The lowest BCUT2D eigenvalue weighted by Gasteiger charge is -2.07. The van der Waals surface area contributed by atoms with Crippen molar-refractivity contribution < 1.29 is 24.2 Å². The lowest BCUT2D eigenvalue weighted by Crippen LogP contribution is -2.16. The summed E-state index contributed by atoms with van der Waals surface area (Å²) in [7, 11) is 1.57. The van der Waals surface area contributed by atoms with Crippen molar-refractivity contribution in [2.75, 3.05) is 7.11 Å². The van der Waals surface area contributed by atoms with Gasteiger partial charge in [0.25, 0.3) is 0 Å². The van der Waals surface area contributed by atoms with Crippen LogP contribution in [0.5, 0.6) is 5.75 Å². The highest BCUT2D eigenvalue weighted by Gasteiger charge is 2.16. The maximum atomic E-state index is 11.3. The smallest absolute Gasteiger partial charge is 0.306 e. The van der Waals surface area contributed by atoms with Gasteiger partial charge >= 0.3 is 11.9 Å². The Morgan fingerprint density at radius 3 is 2.39 bits per heavy atom. The van der Waals surface area contributed by atoms with E-state index in [2.05, 4.69) is 0 Å². The van der Waals surface area contributed by atoms with Crippen LogP contribution >= 0.6 is 0 Å². The topological polar surface area (TPSA) is 72.8 Å². The van der Waals surface area contributed by atoms with Crippen LogP contribution in [0.4, 0.5) is 0 Å². The zero-order valence-corrected chi connectivity index (χ0v) is 10.4. The molecule has 0 aliphatic rings. The van der Waals surface area contributed by atoms with E-state index in [-0.39, 0.29) is 13.0 Å². The fourth-order valence-corrected chi connectivity index (χ4v) is 1.28. The van der Waals surface area contributed by atoms with Gasteiger partial charge in [0.15, 0.2) is 0 Å². The highest BCUT2D eigenvalue weighted by atomic mass is 16.5. The fraction of sp³-hybridized carbons (Fsp3) is 0.385. The molecule has 1 atom stereocenters. The first-order chi connectivity index (χ1) is 8.52. The van der Waals surface area contributed by atoms with E-state index in [1.165, 1.54) is 6.92 Å². The molecule has 0 heterocycles. The molecule has 0 unspecified atom stereocenters. The first-order valence-electron chi connectivity index (χ1n) is 5.54. The van der Waals surface area contributed by atoms with Crippen LogP contribution in [0.25, 0.3) is 0 Å². The predicted octanol–water partition coefficient (Wildman–Crippen LogP) is 1.85. The number of aliphatic carboxylic acids is 1. The van der Waals surface area contributed by atoms with Gasteiger partial charge in [-0.2, -0.15) is 0 Å². The Hall–Kier alpha value is -2.04. The summed E-state index contributed by atoms with van der Waals surface area (Å²) in [6, 6.07) is 7.10. The number of carboxylic acids is 1. The highest BCUT2D eigenvalue weighted by Crippen LogP contribution is 2.12. The average molecular weight is 252 g/mol. The zero-order chi connectivity index (χ0) is 13.5. The lowest BCUT2D eigenvalue weighted by molar-refractivity contribution is -0.151. The number of esters is 1. The van der Waals surface area contributed by atoms with Crippen LogP contribution in [-0.4, -0.2) is 24.2 Å². The zero-order valence-electron chi connectivity index (χ0n) is 10.4. The second-order valence-electron chi connectivity index (χ2n) is 3.95. The molecule has 0 aliphatic carbocycles. The summed E-state index contributed by atoms with van der Waals surface area (Å²) in [4.78, 5) is 21.9. The number of hydrogen-bond donors (Lipinski definition) is 1. The second kappa shape index (κ2) is 6.64. The van der Waals surface area contributed by atoms with Gasteiger partial charge in [-0.05, 0) is 17.7 Å². The third-order valence-electron chi connectivity index (χ3n) is 2.45. The highest BCUT2D eigenvalue weighted by molar-refractivity contribution is 5.78. The quantitative estimate of drug-likeness (QED) is 0.782. The first kappa shape index (κ1) is 14.0. The first-order valence-corrected chi connectivity index (χ1v) is 5.54. The van der Waals surface area contributed by atoms with Crippen LogP contribution in [0, 0.1) is 5.92 Å². The number of carbonyl (C=O) groups is 2. The second-order valence-corrected chi connectivity index (χ2v) is 3.95. The van der Waals surface area contributed by atoms with Crippen molar-refractivity contribution in [3.8, 4) is 5.75 Å². The molecule has 0 bridgehead atoms. The molecular weight excluding hydrogens is 236 g/mol. The summed E-state index contributed by atoms with van der Waals surface area (Å²) >= 11 is 0. The largest absolute Gasteiger partial charge is 0.497 e. The van der Waals surface area contributed by atoms with E-state index in [0.29, 0.717) is 0 Å². The summed E-state index contributed by atoms with van der Waals surface area (Å²) in [5.74, 6) is -1.52. The van der Waals surface area contributed by atoms with Gasteiger partial charge in [0.1, 0.15) is 12.4 Å². The molecule has 18 heavy (non-hydrogen) atoms. The molecule has 98 valence electrons. The van der Waals surface area contributed by atoms with Crippen molar-refractivity contribution in [3.05, 3.63) is 29.8 Å². The number of rotatable bonds is 6. The molecule has 0 spiro atoms. The van der Waals surface area contributed by atoms with E-state index in [9.17, 15) is 9.59 Å². The average Bonchev–Trinajstić information content (AvgIpc) is 2.36. The van der Waals surface area contributed by atoms with Gasteiger partial charge < -0.3 is 14.6 Å². The minimum Gasteiger partial charge on any atom is -0.497 e. The van der Waals surface area contributed by atoms with E-state index >= 15 is 0 Å². The van der Waals surface area contributed by atoms with E-state index in [1.54, 1.807) is 31.4 Å². The van der Waals surface area contributed by atoms with Crippen LogP contribution in [0.1, 0.15) is 18.9 Å². The Balaban J connectivity index is 2.40. The van der Waals surface area contributed by atoms with Crippen molar-refractivity contribution in [1.29, 1.82) is 0 Å². The lowest BCUT2D eigenvalue weighted by atomic mass is 10.1. The molecule has 5 nitrogen and oxygen atoms in total. The number of benzene rings is 1. The maximum absolute atomic E-state index is 11.3. The molecule has 1 aromatic carbocycles. The van der Waals surface area contributed by atoms with Crippen molar-refractivity contribution in [1.82, 2.24) is 0 Å². The fourth-order valence-electron chi connectivity index (χ4n) is 1.28. The Bertz CT molecular complexity index is 410. The van der Waals surface area contributed by atoms with E-state index in [0.717, 1.165) is 11.3 Å². The van der Waals surface area contributed by atoms with Crippen LogP contribution in [0.15, 0.2) is 24.3 Å². The Kier molecular flexibility index (Phi) is 5.17. The van der Waals surface area contributed by atoms with Crippen molar-refractivity contribution >= 4 is 11.9 Å². The minimum atomic E-state index is -1.00. The summed E-state index contributed by atoms with van der Waals surface area (Å²) in [5, 5.41) is 8.65. The summed E-state index contributed by atoms with van der Waals surface area (Å²) < 4.78 is 9.98. The number of hydrogen-bond acceptors (Lipinski definition) is 4. The van der Waals surface area contributed by atoms with Crippen LogP contribution in [-0.2, 0) is 20.9 Å². The van der Waals surface area contributed by atoms with Gasteiger partial charge in [-0.1, -0.05) is 19.1 Å². The molecule has 1 N–H and O–H groups in total. The number of carbonyl (C=O) groups excluding carboxylic acids is 1. The Morgan fingerprint density at radius 2 is 1.89 bits per heavy atom. The van der Waals surface area contributed by atoms with E-state index in [1.807, 2.05) is 0 Å². The molecule has 0 fully saturated rings. The van der Waals surface area contributed by atoms with Gasteiger partial charge in [0, 0.05) is 0 Å². The van der Waals surface area contributed by atoms with Gasteiger partial charge in [0.2, 0.25) is 0 Å². The standard InChI is InChI=1S/C13H16O5/c1-9(13(15)16)7-12(14)18-8-10-3-5-11(17-2)6-4-10/h3-6,9H,7-8H2,1-2H3,(H,15,16)/t9-/m0/s1. The molecule has 0 aromatic heterocycles. The molecule has 5 heteroatoms. The molecule has 0 aliphatic heterocycles. The van der Waals surface area contributed by atoms with Crippen molar-refractivity contribution in [2.24, 2.45) is 5.92 Å². The molecule has 0 radical (unpaired) electrons. The third-order valence-corrected chi connectivity index (χ3v) is 2.45. The molecule has 1 aromatic rings. The van der Waals surface area contributed by atoms with Crippen LogP contribution in [0.3, 0.4) is 0 Å². The summed E-state index contributed by atoms with van der Waals surface area (Å²) in [6.45, 7) is 1.60. The minimum absolute atomic E-state index is 0.120. The van der Waals surface area contributed by atoms with Crippen molar-refractivity contribution in [3.63, 3.8) is 0 Å². The number of methoxy groups -OCH3 is 1. The number of carboxylic acid groups (broad SMARTS) is 1. The molecule has 1 rings (SSSR count). The van der Waals surface area contributed by atoms with Crippen LogP contribution < -0.4 is 4.74 Å². The predicted molar refractivity (Wildman–Crippen MR) is 64.2 cm³/mol. The van der Waals surface area contributed by atoms with Gasteiger partial charge in [0.05, 0.1) is 19.4 Å². The van der Waals surface area contributed by atoms with Gasteiger partial charge in [-0.3, -0.25) is 9.59 Å². The molecule has 0 amide bonds. The third kappa shape index (κ3) is 4.45. The summed E-state index contributed by atoms with van der Waals surface area (Å²) in [5.41, 5.74) is 0.826. The SMILES string of the molecule is COc1ccc(COC(=O)C[C@H](C)C(=O)O)cc1. The monoisotopic (exact) mass is 252 g/mol. The maximum Gasteiger partial charge on any atom is 0.306 e. The number of ether oxygens (including phenoxy) is 2. The van der Waals surface area contributed by atoms with E-state index < -0.39 is 17.9 Å². The van der Waals surface area contributed by atoms with Crippen molar-refractivity contribution in [2.45, 2.75) is 20.0 Å². The van der Waals surface area contributed by atoms with Gasteiger partial charge in [-0.15, -0.1) is 0 Å². The van der Waals surface area contributed by atoms with Crippen LogP contribution in [0.2, 0.25) is 0 Å². The van der Waals surface area contributed by atoms with E-state index in [4.69, 9.17) is 14.6 Å². The Labute approximate surface area is 105 Å².